The van der Waals surface area contributed by atoms with Gasteiger partial charge in [0, 0.05) is 0 Å². The average Bonchev–Trinajstić information content (AvgIpc) is 2.75. The van der Waals surface area contributed by atoms with Crippen molar-refractivity contribution in [1.29, 1.82) is 5.26 Å². The second-order valence-electron chi connectivity index (χ2n) is 6.82. The first-order chi connectivity index (χ1) is 9.66. The van der Waals surface area contributed by atoms with Crippen LogP contribution >= 0.6 is 0 Å². The van der Waals surface area contributed by atoms with E-state index in [4.69, 9.17) is 20.1 Å². The fraction of sp³-hybridized carbons (Fsp3) is 0.733. The standard InChI is InChI=1S/C15H19N3O2/c16-7-12-14(17)20-13(18-12)8-19-15-4-9-1-10(5-15)3-11(2-9)6-15/h9-11H,1-6,8,17H2. The van der Waals surface area contributed by atoms with Crippen LogP contribution in [-0.4, -0.2) is 10.6 Å². The highest BCUT2D eigenvalue weighted by molar-refractivity contribution is 5.40. The highest BCUT2D eigenvalue weighted by atomic mass is 16.5. The van der Waals surface area contributed by atoms with Crippen molar-refractivity contribution in [3.63, 3.8) is 0 Å². The van der Waals surface area contributed by atoms with Crippen LogP contribution in [0.5, 0.6) is 0 Å². The van der Waals surface area contributed by atoms with Gasteiger partial charge in [-0.2, -0.15) is 10.2 Å². The van der Waals surface area contributed by atoms with Crippen molar-refractivity contribution in [2.75, 3.05) is 5.73 Å². The van der Waals surface area contributed by atoms with Gasteiger partial charge in [0.05, 0.1) is 5.60 Å². The number of nitriles is 1. The van der Waals surface area contributed by atoms with Gasteiger partial charge in [-0.3, -0.25) is 0 Å². The molecule has 2 N–H and O–H groups in total. The quantitative estimate of drug-likeness (QED) is 0.915. The minimum absolute atomic E-state index is 0.0325. The van der Waals surface area contributed by atoms with E-state index in [9.17, 15) is 0 Å². The molecule has 20 heavy (non-hydrogen) atoms. The van der Waals surface area contributed by atoms with Crippen molar-refractivity contribution in [3.8, 4) is 6.07 Å². The molecular formula is C15H19N3O2. The van der Waals surface area contributed by atoms with E-state index < -0.39 is 0 Å². The van der Waals surface area contributed by atoms with Gasteiger partial charge in [-0.1, -0.05) is 0 Å². The van der Waals surface area contributed by atoms with Crippen molar-refractivity contribution < 1.29 is 9.15 Å². The van der Waals surface area contributed by atoms with E-state index in [0.29, 0.717) is 12.5 Å². The molecule has 0 aliphatic heterocycles. The van der Waals surface area contributed by atoms with Gasteiger partial charge in [0.25, 0.3) is 0 Å². The maximum atomic E-state index is 8.84. The smallest absolute Gasteiger partial charge is 0.229 e. The van der Waals surface area contributed by atoms with Gasteiger partial charge < -0.3 is 14.9 Å². The summed E-state index contributed by atoms with van der Waals surface area (Å²) in [7, 11) is 0. The van der Waals surface area contributed by atoms with Crippen LogP contribution in [-0.2, 0) is 11.3 Å². The molecule has 5 heteroatoms. The van der Waals surface area contributed by atoms with Gasteiger partial charge in [0.15, 0.2) is 0 Å². The third-order valence-electron chi connectivity index (χ3n) is 5.29. The Bertz CT molecular complexity index is 537. The molecule has 1 aromatic rings. The predicted molar refractivity (Wildman–Crippen MR) is 71.3 cm³/mol. The molecule has 5 rings (SSSR count). The Morgan fingerprint density at radius 1 is 1.25 bits per heavy atom. The number of anilines is 1. The second kappa shape index (κ2) is 4.23. The number of ether oxygens (including phenoxy) is 1. The summed E-state index contributed by atoms with van der Waals surface area (Å²) in [6.07, 6.45) is 7.73. The molecule has 0 unspecified atom stereocenters. The fourth-order valence-corrected chi connectivity index (χ4v) is 4.94. The molecule has 1 aromatic heterocycles. The summed E-state index contributed by atoms with van der Waals surface area (Å²) in [5.74, 6) is 3.08. The van der Waals surface area contributed by atoms with Crippen molar-refractivity contribution in [3.05, 3.63) is 11.6 Å². The number of hydrogen-bond donors (Lipinski definition) is 1. The summed E-state index contributed by atoms with van der Waals surface area (Å²) < 4.78 is 11.5. The highest BCUT2D eigenvalue weighted by Gasteiger charge is 2.51. The van der Waals surface area contributed by atoms with Crippen LogP contribution in [0.4, 0.5) is 5.88 Å². The van der Waals surface area contributed by atoms with Gasteiger partial charge in [0.1, 0.15) is 12.7 Å². The third-order valence-corrected chi connectivity index (χ3v) is 5.29. The van der Waals surface area contributed by atoms with Gasteiger partial charge in [-0.05, 0) is 56.3 Å². The molecule has 0 spiro atoms. The van der Waals surface area contributed by atoms with E-state index in [-0.39, 0.29) is 17.2 Å². The fourth-order valence-electron chi connectivity index (χ4n) is 4.94. The Morgan fingerprint density at radius 2 is 1.85 bits per heavy atom. The van der Waals surface area contributed by atoms with E-state index in [1.54, 1.807) is 0 Å². The zero-order valence-electron chi connectivity index (χ0n) is 11.5. The van der Waals surface area contributed by atoms with E-state index in [1.165, 1.54) is 38.5 Å². The second-order valence-corrected chi connectivity index (χ2v) is 6.82. The SMILES string of the molecule is N#Cc1nc(COC23CC4CC(CC(C4)C2)C3)oc1N. The molecule has 4 aliphatic carbocycles. The molecule has 0 atom stereocenters. The van der Waals surface area contributed by atoms with Crippen LogP contribution in [0.1, 0.15) is 50.1 Å². The highest BCUT2D eigenvalue weighted by Crippen LogP contribution is 2.57. The van der Waals surface area contributed by atoms with Crippen LogP contribution < -0.4 is 5.73 Å². The number of hydrogen-bond acceptors (Lipinski definition) is 5. The summed E-state index contributed by atoms with van der Waals surface area (Å²) in [5.41, 5.74) is 5.77. The van der Waals surface area contributed by atoms with Crippen LogP contribution in [0.25, 0.3) is 0 Å². The molecule has 0 amide bonds. The van der Waals surface area contributed by atoms with Crippen molar-refractivity contribution >= 4 is 5.88 Å². The number of aromatic nitrogens is 1. The first-order valence-electron chi connectivity index (χ1n) is 7.45. The van der Waals surface area contributed by atoms with Crippen molar-refractivity contribution in [2.45, 2.75) is 50.7 Å². The summed E-state index contributed by atoms with van der Waals surface area (Å²) in [5, 5.41) is 8.84. The Hall–Kier alpha value is -1.54. The van der Waals surface area contributed by atoms with E-state index in [2.05, 4.69) is 4.98 Å². The number of rotatable bonds is 3. The Kier molecular flexibility index (Phi) is 2.58. The molecule has 106 valence electrons. The Balaban J connectivity index is 1.48. The van der Waals surface area contributed by atoms with Gasteiger partial charge in [0.2, 0.25) is 17.5 Å². The molecule has 0 aromatic carbocycles. The van der Waals surface area contributed by atoms with Gasteiger partial charge in [-0.25, -0.2) is 0 Å². The average molecular weight is 273 g/mol. The monoisotopic (exact) mass is 273 g/mol. The lowest BCUT2D eigenvalue weighted by Gasteiger charge is -2.56. The third kappa shape index (κ3) is 1.90. The van der Waals surface area contributed by atoms with Crippen LogP contribution in [0.3, 0.4) is 0 Å². The summed E-state index contributed by atoms with van der Waals surface area (Å²) in [6.45, 7) is 0.331. The number of nitrogens with two attached hydrogens (primary N) is 1. The number of oxazole rings is 1. The number of nitrogen functional groups attached to an aromatic ring is 1. The normalized spacial score (nSPS) is 38.0. The lowest BCUT2D eigenvalue weighted by Crippen LogP contribution is -2.51. The molecule has 4 bridgehead atoms. The topological polar surface area (TPSA) is 85.1 Å². The molecule has 1 heterocycles. The molecule has 0 radical (unpaired) electrons. The minimum atomic E-state index is 0.0325. The minimum Gasteiger partial charge on any atom is -0.422 e. The lowest BCUT2D eigenvalue weighted by atomic mass is 9.54. The molecule has 0 saturated heterocycles. The summed E-state index contributed by atoms with van der Waals surface area (Å²) >= 11 is 0. The summed E-state index contributed by atoms with van der Waals surface area (Å²) in [4.78, 5) is 4.07. The first kappa shape index (κ1) is 12.2. The Labute approximate surface area is 118 Å². The van der Waals surface area contributed by atoms with Crippen LogP contribution in [0, 0.1) is 29.1 Å². The predicted octanol–water partition coefficient (Wildman–Crippen LogP) is 2.61. The number of nitrogens with zero attached hydrogens (tertiary/aromatic N) is 2. The van der Waals surface area contributed by atoms with Gasteiger partial charge >= 0.3 is 0 Å². The van der Waals surface area contributed by atoms with E-state index in [0.717, 1.165) is 17.8 Å². The van der Waals surface area contributed by atoms with Crippen molar-refractivity contribution in [2.24, 2.45) is 17.8 Å². The van der Waals surface area contributed by atoms with Crippen LogP contribution in [0.2, 0.25) is 0 Å². The van der Waals surface area contributed by atoms with E-state index >= 15 is 0 Å². The molecule has 5 nitrogen and oxygen atoms in total. The molecule has 4 saturated carbocycles. The Morgan fingerprint density at radius 3 is 2.35 bits per heavy atom. The zero-order chi connectivity index (χ0) is 13.7. The maximum Gasteiger partial charge on any atom is 0.229 e. The van der Waals surface area contributed by atoms with E-state index in [1.807, 2.05) is 6.07 Å². The van der Waals surface area contributed by atoms with Crippen LogP contribution in [0.15, 0.2) is 4.42 Å². The molecule has 4 fully saturated rings. The lowest BCUT2D eigenvalue weighted by molar-refractivity contribution is -0.171. The van der Waals surface area contributed by atoms with Gasteiger partial charge in [-0.15, -0.1) is 0 Å². The molecule has 4 aliphatic rings. The van der Waals surface area contributed by atoms with Crippen molar-refractivity contribution in [1.82, 2.24) is 4.98 Å². The zero-order valence-corrected chi connectivity index (χ0v) is 11.5. The first-order valence-corrected chi connectivity index (χ1v) is 7.45. The summed E-state index contributed by atoms with van der Waals surface area (Å²) in [6, 6.07) is 1.92. The largest absolute Gasteiger partial charge is 0.422 e. The maximum absolute atomic E-state index is 8.84. The molecular weight excluding hydrogens is 254 g/mol.